The SMILES string of the molecule is NCCCN(C1CCCCCC1)S(=O)(=O)C1CCOCC1. The van der Waals surface area contributed by atoms with E-state index >= 15 is 0 Å². The summed E-state index contributed by atoms with van der Waals surface area (Å²) >= 11 is 0. The van der Waals surface area contributed by atoms with Gasteiger partial charge in [-0.1, -0.05) is 25.7 Å². The Kier molecular flexibility index (Phi) is 6.92. The minimum absolute atomic E-state index is 0.187. The molecule has 1 saturated heterocycles. The van der Waals surface area contributed by atoms with Crippen molar-refractivity contribution in [3.8, 4) is 0 Å². The summed E-state index contributed by atoms with van der Waals surface area (Å²) in [6.07, 6.45) is 8.79. The maximum atomic E-state index is 13.0. The fourth-order valence-corrected chi connectivity index (χ4v) is 5.66. The second-order valence-electron chi connectivity index (χ2n) is 6.26. The van der Waals surface area contributed by atoms with Crippen molar-refractivity contribution < 1.29 is 13.2 Å². The van der Waals surface area contributed by atoms with Gasteiger partial charge in [0.05, 0.1) is 5.25 Å². The lowest BCUT2D eigenvalue weighted by molar-refractivity contribution is 0.0966. The Balaban J connectivity index is 2.12. The molecule has 0 radical (unpaired) electrons. The topological polar surface area (TPSA) is 72.6 Å². The summed E-state index contributed by atoms with van der Waals surface area (Å²) in [5.41, 5.74) is 5.62. The molecule has 21 heavy (non-hydrogen) atoms. The summed E-state index contributed by atoms with van der Waals surface area (Å²) in [5.74, 6) is 0. The fraction of sp³-hybridized carbons (Fsp3) is 1.00. The van der Waals surface area contributed by atoms with Crippen LogP contribution in [0.3, 0.4) is 0 Å². The Morgan fingerprint density at radius 3 is 2.19 bits per heavy atom. The largest absolute Gasteiger partial charge is 0.381 e. The molecule has 1 aliphatic heterocycles. The second kappa shape index (κ2) is 8.46. The number of rotatable bonds is 6. The molecule has 124 valence electrons. The lowest BCUT2D eigenvalue weighted by Gasteiger charge is -2.34. The zero-order valence-corrected chi connectivity index (χ0v) is 13.8. The number of hydrogen-bond donors (Lipinski definition) is 1. The van der Waals surface area contributed by atoms with Crippen LogP contribution in [-0.2, 0) is 14.8 Å². The molecular weight excluding hydrogens is 288 g/mol. The normalized spacial score (nSPS) is 23.3. The lowest BCUT2D eigenvalue weighted by Crippen LogP contribution is -2.47. The monoisotopic (exact) mass is 318 g/mol. The van der Waals surface area contributed by atoms with Crippen LogP contribution >= 0.6 is 0 Å². The van der Waals surface area contributed by atoms with E-state index in [4.69, 9.17) is 10.5 Å². The van der Waals surface area contributed by atoms with E-state index in [9.17, 15) is 8.42 Å². The van der Waals surface area contributed by atoms with Crippen molar-refractivity contribution in [2.45, 2.75) is 69.1 Å². The molecule has 0 aromatic heterocycles. The third kappa shape index (κ3) is 4.65. The summed E-state index contributed by atoms with van der Waals surface area (Å²) in [6.45, 7) is 2.27. The molecule has 5 nitrogen and oxygen atoms in total. The number of hydrogen-bond acceptors (Lipinski definition) is 4. The van der Waals surface area contributed by atoms with Gasteiger partial charge >= 0.3 is 0 Å². The van der Waals surface area contributed by atoms with Crippen molar-refractivity contribution in [1.82, 2.24) is 4.31 Å². The van der Waals surface area contributed by atoms with E-state index in [0.29, 0.717) is 39.1 Å². The van der Waals surface area contributed by atoms with E-state index in [0.717, 1.165) is 32.1 Å². The molecule has 2 fully saturated rings. The highest BCUT2D eigenvalue weighted by Gasteiger charge is 2.36. The van der Waals surface area contributed by atoms with Crippen molar-refractivity contribution in [2.75, 3.05) is 26.3 Å². The average Bonchev–Trinajstić information content (AvgIpc) is 2.77. The van der Waals surface area contributed by atoms with Crippen LogP contribution in [0.15, 0.2) is 0 Å². The van der Waals surface area contributed by atoms with Gasteiger partial charge in [0.2, 0.25) is 10.0 Å². The number of nitrogens with two attached hydrogens (primary N) is 1. The maximum absolute atomic E-state index is 13.0. The molecule has 2 rings (SSSR count). The molecule has 6 heteroatoms. The molecule has 2 aliphatic rings. The molecule has 2 N–H and O–H groups in total. The van der Waals surface area contributed by atoms with Crippen molar-refractivity contribution >= 4 is 10.0 Å². The molecule has 0 atom stereocenters. The van der Waals surface area contributed by atoms with E-state index in [1.54, 1.807) is 4.31 Å². The minimum Gasteiger partial charge on any atom is -0.381 e. The fourth-order valence-electron chi connectivity index (χ4n) is 3.48. The van der Waals surface area contributed by atoms with Crippen molar-refractivity contribution in [1.29, 1.82) is 0 Å². The first-order chi connectivity index (χ1) is 10.2. The first-order valence-electron chi connectivity index (χ1n) is 8.44. The van der Waals surface area contributed by atoms with E-state index in [2.05, 4.69) is 0 Å². The Bertz CT molecular complexity index is 386. The highest BCUT2D eigenvalue weighted by molar-refractivity contribution is 7.89. The molecule has 0 aromatic carbocycles. The predicted molar refractivity (Wildman–Crippen MR) is 84.6 cm³/mol. The van der Waals surface area contributed by atoms with Gasteiger partial charge in [0, 0.05) is 25.8 Å². The van der Waals surface area contributed by atoms with Crippen LogP contribution in [0.4, 0.5) is 0 Å². The molecule has 1 saturated carbocycles. The van der Waals surface area contributed by atoms with Gasteiger partial charge in [-0.3, -0.25) is 0 Å². The number of ether oxygens (including phenoxy) is 1. The highest BCUT2D eigenvalue weighted by atomic mass is 32.2. The van der Waals surface area contributed by atoms with E-state index in [1.807, 2.05) is 0 Å². The Labute approximate surface area is 129 Å². The molecule has 0 bridgehead atoms. The van der Waals surface area contributed by atoms with Gasteiger partial charge in [0.25, 0.3) is 0 Å². The minimum atomic E-state index is -3.21. The van der Waals surface area contributed by atoms with E-state index in [-0.39, 0.29) is 11.3 Å². The standard InChI is InChI=1S/C15H30N2O3S/c16-10-5-11-17(14-6-3-1-2-4-7-14)21(18,19)15-8-12-20-13-9-15/h14-15H,1-13,16H2. The molecule has 1 heterocycles. The van der Waals surface area contributed by atoms with Crippen LogP contribution in [0.5, 0.6) is 0 Å². The summed E-state index contributed by atoms with van der Waals surface area (Å²) in [7, 11) is -3.21. The van der Waals surface area contributed by atoms with Gasteiger partial charge in [0.15, 0.2) is 0 Å². The van der Waals surface area contributed by atoms with Crippen LogP contribution < -0.4 is 5.73 Å². The molecule has 0 amide bonds. The first-order valence-corrected chi connectivity index (χ1v) is 9.95. The molecule has 0 unspecified atom stereocenters. The Morgan fingerprint density at radius 1 is 1.00 bits per heavy atom. The molecular formula is C15H30N2O3S. The quantitative estimate of drug-likeness (QED) is 0.759. The van der Waals surface area contributed by atoms with Crippen molar-refractivity contribution in [3.05, 3.63) is 0 Å². The molecule has 0 aromatic rings. The third-order valence-corrected chi connectivity index (χ3v) is 7.18. The molecule has 0 spiro atoms. The van der Waals surface area contributed by atoms with Crippen LogP contribution in [0.1, 0.15) is 57.8 Å². The van der Waals surface area contributed by atoms with Gasteiger partial charge in [-0.05, 0) is 38.6 Å². The van der Waals surface area contributed by atoms with Crippen molar-refractivity contribution in [2.24, 2.45) is 5.73 Å². The van der Waals surface area contributed by atoms with Crippen LogP contribution in [-0.4, -0.2) is 50.3 Å². The average molecular weight is 318 g/mol. The van der Waals surface area contributed by atoms with Gasteiger partial charge in [0.1, 0.15) is 0 Å². The third-order valence-electron chi connectivity index (χ3n) is 4.73. The summed E-state index contributed by atoms with van der Waals surface area (Å²) in [4.78, 5) is 0. The Hall–Kier alpha value is -0.170. The molecule has 1 aliphatic carbocycles. The number of nitrogens with zero attached hydrogens (tertiary/aromatic N) is 1. The van der Waals surface area contributed by atoms with Gasteiger partial charge < -0.3 is 10.5 Å². The predicted octanol–water partition coefficient (Wildman–Crippen LogP) is 1.87. The van der Waals surface area contributed by atoms with Crippen molar-refractivity contribution in [3.63, 3.8) is 0 Å². The second-order valence-corrected chi connectivity index (χ2v) is 8.42. The summed E-state index contributed by atoms with van der Waals surface area (Å²) < 4.78 is 33.2. The lowest BCUT2D eigenvalue weighted by atomic mass is 10.1. The van der Waals surface area contributed by atoms with Crippen LogP contribution in [0.2, 0.25) is 0 Å². The van der Waals surface area contributed by atoms with E-state index < -0.39 is 10.0 Å². The zero-order valence-electron chi connectivity index (χ0n) is 13.0. The summed E-state index contributed by atoms with van der Waals surface area (Å²) in [6, 6.07) is 0.187. The Morgan fingerprint density at radius 2 is 1.62 bits per heavy atom. The number of sulfonamides is 1. The maximum Gasteiger partial charge on any atom is 0.217 e. The van der Waals surface area contributed by atoms with Gasteiger partial charge in [-0.25, -0.2) is 8.42 Å². The van der Waals surface area contributed by atoms with E-state index in [1.165, 1.54) is 12.8 Å². The van der Waals surface area contributed by atoms with Crippen LogP contribution in [0.25, 0.3) is 0 Å². The van der Waals surface area contributed by atoms with Gasteiger partial charge in [-0.2, -0.15) is 4.31 Å². The van der Waals surface area contributed by atoms with Gasteiger partial charge in [-0.15, -0.1) is 0 Å². The highest BCUT2D eigenvalue weighted by Crippen LogP contribution is 2.28. The van der Waals surface area contributed by atoms with Crippen LogP contribution in [0, 0.1) is 0 Å². The smallest absolute Gasteiger partial charge is 0.217 e. The first kappa shape index (κ1) is 17.2. The summed E-state index contributed by atoms with van der Waals surface area (Å²) in [5, 5.41) is -0.257. The zero-order chi connectivity index (χ0) is 15.1.